The van der Waals surface area contributed by atoms with Gasteiger partial charge in [0, 0.05) is 19.2 Å². The van der Waals surface area contributed by atoms with Crippen molar-refractivity contribution in [3.8, 4) is 11.5 Å². The molecule has 2 aromatic rings. The lowest BCUT2D eigenvalue weighted by Crippen LogP contribution is -2.25. The third-order valence-electron chi connectivity index (χ3n) is 3.88. The first kappa shape index (κ1) is 16.3. The Balaban J connectivity index is 1.86. The summed E-state index contributed by atoms with van der Waals surface area (Å²) in [4.78, 5) is 13.3. The molecule has 1 aliphatic heterocycles. The molecule has 0 saturated carbocycles. The minimum atomic E-state index is -3.94. The average molecular weight is 347 g/mol. The van der Waals surface area contributed by atoms with Crippen LogP contribution in [0.2, 0.25) is 0 Å². The molecule has 24 heavy (non-hydrogen) atoms. The quantitative estimate of drug-likeness (QED) is 0.794. The number of fused-ring (bicyclic) bond motifs is 1. The van der Waals surface area contributed by atoms with Crippen LogP contribution in [0, 0.1) is 0 Å². The number of nitrogens with zero attached hydrogens (tertiary/aromatic N) is 1. The SMILES string of the molecule is COc1ccc(OS(=O)(=O)c2ccc3c(c2)CCN3C(C)=O)cc1. The number of hydrogen-bond donors (Lipinski definition) is 0. The fraction of sp³-hybridized carbons (Fsp3) is 0.235. The maximum Gasteiger partial charge on any atom is 0.339 e. The Kier molecular flexibility index (Phi) is 4.19. The van der Waals surface area contributed by atoms with Gasteiger partial charge in [0.25, 0.3) is 0 Å². The van der Waals surface area contributed by atoms with E-state index in [1.807, 2.05) is 0 Å². The Bertz CT molecular complexity index is 874. The van der Waals surface area contributed by atoms with Crippen molar-refractivity contribution in [2.75, 3.05) is 18.6 Å². The molecular formula is C17H17NO5S. The molecule has 0 unspecified atom stereocenters. The highest BCUT2D eigenvalue weighted by Gasteiger charge is 2.25. The number of carbonyl (C=O) groups excluding carboxylic acids is 1. The molecule has 3 rings (SSSR count). The molecule has 0 aliphatic carbocycles. The Morgan fingerprint density at radius 3 is 2.38 bits per heavy atom. The summed E-state index contributed by atoms with van der Waals surface area (Å²) in [6.45, 7) is 2.06. The molecule has 126 valence electrons. The molecule has 1 amide bonds. The normalized spacial score (nSPS) is 13.5. The van der Waals surface area contributed by atoms with E-state index in [1.165, 1.54) is 32.2 Å². The highest BCUT2D eigenvalue weighted by atomic mass is 32.2. The van der Waals surface area contributed by atoms with Crippen molar-refractivity contribution in [2.24, 2.45) is 0 Å². The van der Waals surface area contributed by atoms with Crippen LogP contribution in [0.5, 0.6) is 11.5 Å². The summed E-state index contributed by atoms with van der Waals surface area (Å²) < 4.78 is 35.1. The molecule has 0 atom stereocenters. The number of rotatable bonds is 4. The molecule has 0 aromatic heterocycles. The van der Waals surface area contributed by atoms with Crippen LogP contribution in [-0.2, 0) is 21.3 Å². The van der Waals surface area contributed by atoms with Gasteiger partial charge in [-0.05, 0) is 54.4 Å². The molecule has 1 aliphatic rings. The van der Waals surface area contributed by atoms with E-state index in [2.05, 4.69) is 0 Å². The van der Waals surface area contributed by atoms with Gasteiger partial charge in [0.15, 0.2) is 0 Å². The van der Waals surface area contributed by atoms with Gasteiger partial charge in [-0.25, -0.2) is 0 Å². The number of amides is 1. The van der Waals surface area contributed by atoms with Crippen LogP contribution >= 0.6 is 0 Å². The van der Waals surface area contributed by atoms with Gasteiger partial charge in [0.05, 0.1) is 7.11 Å². The molecular weight excluding hydrogens is 330 g/mol. The van der Waals surface area contributed by atoms with Gasteiger partial charge >= 0.3 is 10.1 Å². The number of hydrogen-bond acceptors (Lipinski definition) is 5. The molecule has 0 fully saturated rings. The van der Waals surface area contributed by atoms with E-state index in [0.29, 0.717) is 18.7 Å². The third-order valence-corrected chi connectivity index (χ3v) is 5.12. The first-order valence-corrected chi connectivity index (χ1v) is 8.81. The number of methoxy groups -OCH3 is 1. The largest absolute Gasteiger partial charge is 0.497 e. The maximum atomic E-state index is 12.4. The maximum absolute atomic E-state index is 12.4. The summed E-state index contributed by atoms with van der Waals surface area (Å²) in [7, 11) is -2.41. The van der Waals surface area contributed by atoms with Gasteiger partial charge in [-0.1, -0.05) is 0 Å². The van der Waals surface area contributed by atoms with Crippen molar-refractivity contribution < 1.29 is 22.1 Å². The smallest absolute Gasteiger partial charge is 0.339 e. The van der Waals surface area contributed by atoms with Crippen LogP contribution < -0.4 is 13.8 Å². The van der Waals surface area contributed by atoms with Gasteiger partial charge < -0.3 is 13.8 Å². The van der Waals surface area contributed by atoms with Crippen LogP contribution in [0.15, 0.2) is 47.4 Å². The monoisotopic (exact) mass is 347 g/mol. The summed E-state index contributed by atoms with van der Waals surface area (Å²) in [5, 5.41) is 0. The predicted octanol–water partition coefficient (Wildman–Crippen LogP) is 2.37. The Morgan fingerprint density at radius 2 is 1.75 bits per heavy atom. The van der Waals surface area contributed by atoms with E-state index in [0.717, 1.165) is 11.3 Å². The minimum absolute atomic E-state index is 0.0566. The van der Waals surface area contributed by atoms with Gasteiger partial charge in [0.1, 0.15) is 16.4 Å². The lowest BCUT2D eigenvalue weighted by Gasteiger charge is -2.15. The summed E-state index contributed by atoms with van der Waals surface area (Å²) in [5.41, 5.74) is 1.58. The lowest BCUT2D eigenvalue weighted by molar-refractivity contribution is -0.116. The summed E-state index contributed by atoms with van der Waals surface area (Å²) >= 11 is 0. The highest BCUT2D eigenvalue weighted by molar-refractivity contribution is 7.87. The number of benzene rings is 2. The molecule has 0 bridgehead atoms. The standard InChI is InChI=1S/C17H17NO5S/c1-12(19)18-10-9-13-11-16(7-8-17(13)18)24(20,21)23-15-5-3-14(22-2)4-6-15/h3-8,11H,9-10H2,1-2H3. The Morgan fingerprint density at radius 1 is 1.08 bits per heavy atom. The second kappa shape index (κ2) is 6.16. The Hall–Kier alpha value is -2.54. The number of ether oxygens (including phenoxy) is 1. The first-order valence-electron chi connectivity index (χ1n) is 7.40. The molecule has 0 spiro atoms. The molecule has 2 aromatic carbocycles. The Labute approximate surface area is 140 Å². The molecule has 0 N–H and O–H groups in total. The molecule has 1 heterocycles. The van der Waals surface area contributed by atoms with Crippen LogP contribution in [0.3, 0.4) is 0 Å². The van der Waals surface area contributed by atoms with Gasteiger partial charge in [0.2, 0.25) is 5.91 Å². The number of carbonyl (C=O) groups is 1. The first-order chi connectivity index (χ1) is 11.4. The topological polar surface area (TPSA) is 72.9 Å². The second-order valence-corrected chi connectivity index (χ2v) is 6.97. The predicted molar refractivity (Wildman–Crippen MR) is 89.0 cm³/mol. The highest BCUT2D eigenvalue weighted by Crippen LogP contribution is 2.31. The van der Waals surface area contributed by atoms with E-state index in [-0.39, 0.29) is 16.6 Å². The van der Waals surface area contributed by atoms with Crippen LogP contribution in [0.4, 0.5) is 5.69 Å². The zero-order valence-electron chi connectivity index (χ0n) is 13.4. The van der Waals surface area contributed by atoms with E-state index in [1.54, 1.807) is 29.2 Å². The third kappa shape index (κ3) is 3.07. The zero-order chi connectivity index (χ0) is 17.3. The summed E-state index contributed by atoms with van der Waals surface area (Å²) in [6, 6.07) is 11.0. The molecule has 7 heteroatoms. The lowest BCUT2D eigenvalue weighted by atomic mass is 10.2. The fourth-order valence-electron chi connectivity index (χ4n) is 2.67. The fourth-order valence-corrected chi connectivity index (χ4v) is 3.65. The van der Waals surface area contributed by atoms with E-state index >= 15 is 0 Å². The van der Waals surface area contributed by atoms with E-state index in [4.69, 9.17) is 8.92 Å². The zero-order valence-corrected chi connectivity index (χ0v) is 14.2. The van der Waals surface area contributed by atoms with Crippen molar-refractivity contribution in [3.05, 3.63) is 48.0 Å². The van der Waals surface area contributed by atoms with Crippen LogP contribution in [-0.4, -0.2) is 28.0 Å². The van der Waals surface area contributed by atoms with Gasteiger partial charge in [-0.3, -0.25) is 4.79 Å². The molecule has 0 saturated heterocycles. The number of anilines is 1. The summed E-state index contributed by atoms with van der Waals surface area (Å²) in [6.07, 6.45) is 0.626. The van der Waals surface area contributed by atoms with E-state index < -0.39 is 10.1 Å². The van der Waals surface area contributed by atoms with Crippen molar-refractivity contribution in [1.82, 2.24) is 0 Å². The summed E-state index contributed by atoms with van der Waals surface area (Å²) in [5.74, 6) is 0.766. The molecule has 6 nitrogen and oxygen atoms in total. The van der Waals surface area contributed by atoms with Crippen LogP contribution in [0.1, 0.15) is 12.5 Å². The average Bonchev–Trinajstić information content (AvgIpc) is 2.98. The van der Waals surface area contributed by atoms with Gasteiger partial charge in [-0.15, -0.1) is 0 Å². The van der Waals surface area contributed by atoms with Crippen LogP contribution in [0.25, 0.3) is 0 Å². The van der Waals surface area contributed by atoms with Crippen molar-refractivity contribution in [1.29, 1.82) is 0 Å². The van der Waals surface area contributed by atoms with Crippen molar-refractivity contribution >= 4 is 21.7 Å². The van der Waals surface area contributed by atoms with Crippen molar-refractivity contribution in [3.63, 3.8) is 0 Å². The molecule has 0 radical (unpaired) electrons. The van der Waals surface area contributed by atoms with Crippen molar-refractivity contribution in [2.45, 2.75) is 18.2 Å². The second-order valence-electron chi connectivity index (χ2n) is 5.42. The minimum Gasteiger partial charge on any atom is -0.497 e. The van der Waals surface area contributed by atoms with Gasteiger partial charge in [-0.2, -0.15) is 8.42 Å². The van der Waals surface area contributed by atoms with E-state index in [9.17, 15) is 13.2 Å².